The number of furan rings is 1. The fourth-order valence-electron chi connectivity index (χ4n) is 4.56. The quantitative estimate of drug-likeness (QED) is 0.360. The number of nitrogens with zero attached hydrogens (tertiary/aromatic N) is 2. The van der Waals surface area contributed by atoms with Crippen molar-refractivity contribution in [3.05, 3.63) is 114 Å². The number of rotatable bonds is 6. The van der Waals surface area contributed by atoms with Crippen molar-refractivity contribution in [2.24, 2.45) is 4.99 Å². The van der Waals surface area contributed by atoms with Gasteiger partial charge in [0.25, 0.3) is 5.56 Å². The molecule has 2 aromatic carbocycles. The van der Waals surface area contributed by atoms with Crippen LogP contribution in [-0.2, 0) is 9.53 Å². The molecule has 1 aliphatic heterocycles. The summed E-state index contributed by atoms with van der Waals surface area (Å²) in [5.41, 5.74) is 3.35. The largest absolute Gasteiger partial charge is 0.478 e. The van der Waals surface area contributed by atoms with Gasteiger partial charge in [0.15, 0.2) is 4.80 Å². The molecule has 39 heavy (non-hydrogen) atoms. The van der Waals surface area contributed by atoms with Crippen molar-refractivity contribution in [2.75, 3.05) is 7.11 Å². The number of fused-ring (bicyclic) bond motifs is 1. The molecule has 2 aromatic heterocycles. The van der Waals surface area contributed by atoms with Gasteiger partial charge in [0.1, 0.15) is 11.5 Å². The van der Waals surface area contributed by atoms with Gasteiger partial charge in [-0.15, -0.1) is 0 Å². The van der Waals surface area contributed by atoms with Crippen LogP contribution < -0.4 is 14.9 Å². The number of allylic oxidation sites excluding steroid dienone is 1. The SMILES string of the molecule is COC(=O)C1=C(C)N=c2s/c(=C\c3ccc(-c4ccc(C(=O)O)cc4)o3)c(=O)n2C1c1ccc(C(C)C)cc1. The van der Waals surface area contributed by atoms with E-state index < -0.39 is 18.0 Å². The third-order valence-corrected chi connectivity index (χ3v) is 7.65. The molecule has 0 fully saturated rings. The lowest BCUT2D eigenvalue weighted by molar-refractivity contribution is -0.136. The summed E-state index contributed by atoms with van der Waals surface area (Å²) >= 11 is 1.22. The van der Waals surface area contributed by atoms with Crippen LogP contribution in [0.4, 0.5) is 0 Å². The minimum atomic E-state index is -1.00. The van der Waals surface area contributed by atoms with Crippen LogP contribution in [0.5, 0.6) is 0 Å². The summed E-state index contributed by atoms with van der Waals surface area (Å²) in [4.78, 5) is 42.8. The zero-order chi connectivity index (χ0) is 27.8. The molecular weight excluding hydrogens is 516 g/mol. The summed E-state index contributed by atoms with van der Waals surface area (Å²) < 4.78 is 13.0. The van der Waals surface area contributed by atoms with Crippen molar-refractivity contribution in [1.82, 2.24) is 4.57 Å². The molecule has 198 valence electrons. The Labute approximate surface area is 227 Å². The van der Waals surface area contributed by atoms with E-state index in [2.05, 4.69) is 18.8 Å². The van der Waals surface area contributed by atoms with Gasteiger partial charge in [0.2, 0.25) is 0 Å². The van der Waals surface area contributed by atoms with Gasteiger partial charge in [0.05, 0.1) is 34.5 Å². The molecule has 9 heteroatoms. The standard InChI is InChI=1S/C30H26N2O6S/c1-16(2)18-5-9-20(10-6-18)26-25(29(36)37-4)17(3)31-30-32(26)27(33)24(39-30)15-22-13-14-23(38-22)19-7-11-21(12-8-19)28(34)35/h5-16,26H,1-4H3,(H,34,35)/b24-15-. The van der Waals surface area contributed by atoms with E-state index in [1.807, 2.05) is 24.3 Å². The minimum Gasteiger partial charge on any atom is -0.478 e. The Kier molecular flexibility index (Phi) is 6.93. The number of carbonyl (C=O) groups excluding carboxylic acids is 1. The number of carboxylic acids is 1. The van der Waals surface area contributed by atoms with Crippen LogP contribution in [-0.4, -0.2) is 28.7 Å². The number of carboxylic acid groups (broad SMARTS) is 1. The Balaban J connectivity index is 1.59. The summed E-state index contributed by atoms with van der Waals surface area (Å²) in [5, 5.41) is 9.12. The Morgan fingerprint density at radius 1 is 1.08 bits per heavy atom. The molecule has 1 atom stereocenters. The third-order valence-electron chi connectivity index (χ3n) is 6.66. The first-order valence-electron chi connectivity index (χ1n) is 12.3. The molecule has 8 nitrogen and oxygen atoms in total. The molecule has 0 spiro atoms. The van der Waals surface area contributed by atoms with Crippen molar-refractivity contribution < 1.29 is 23.8 Å². The van der Waals surface area contributed by atoms with E-state index in [9.17, 15) is 14.4 Å². The number of ether oxygens (including phenoxy) is 1. The number of benzene rings is 2. The maximum Gasteiger partial charge on any atom is 0.338 e. The lowest BCUT2D eigenvalue weighted by atomic mass is 9.93. The van der Waals surface area contributed by atoms with Crippen molar-refractivity contribution >= 4 is 29.4 Å². The van der Waals surface area contributed by atoms with Gasteiger partial charge < -0.3 is 14.3 Å². The van der Waals surface area contributed by atoms with Crippen LogP contribution in [0.25, 0.3) is 17.4 Å². The molecule has 0 bridgehead atoms. The summed E-state index contributed by atoms with van der Waals surface area (Å²) in [6, 6.07) is 17.1. The van der Waals surface area contributed by atoms with Crippen LogP contribution in [0.3, 0.4) is 0 Å². The summed E-state index contributed by atoms with van der Waals surface area (Å²) in [5.74, 6) is -0.200. The number of carbonyl (C=O) groups is 2. The number of aromatic nitrogens is 1. The van der Waals surface area contributed by atoms with Gasteiger partial charge in [-0.2, -0.15) is 0 Å². The number of aromatic carboxylic acids is 1. The molecule has 1 unspecified atom stereocenters. The number of methoxy groups -OCH3 is 1. The molecule has 0 aliphatic carbocycles. The van der Waals surface area contributed by atoms with Crippen molar-refractivity contribution in [1.29, 1.82) is 0 Å². The normalized spacial score (nSPS) is 15.3. The Hall–Kier alpha value is -4.50. The molecule has 5 rings (SSSR count). The van der Waals surface area contributed by atoms with Gasteiger partial charge in [-0.3, -0.25) is 9.36 Å². The van der Waals surface area contributed by atoms with Crippen molar-refractivity contribution in [3.63, 3.8) is 0 Å². The van der Waals surface area contributed by atoms with Gasteiger partial charge in [0, 0.05) is 11.6 Å². The number of thiazole rings is 1. The highest BCUT2D eigenvalue weighted by Gasteiger charge is 2.33. The Morgan fingerprint density at radius 3 is 2.38 bits per heavy atom. The highest BCUT2D eigenvalue weighted by molar-refractivity contribution is 7.07. The lowest BCUT2D eigenvalue weighted by Crippen LogP contribution is -2.39. The number of hydrogen-bond donors (Lipinski definition) is 1. The van der Waals surface area contributed by atoms with Crippen molar-refractivity contribution in [2.45, 2.75) is 32.7 Å². The third kappa shape index (κ3) is 4.88. The zero-order valence-electron chi connectivity index (χ0n) is 21.8. The molecule has 1 N–H and O–H groups in total. The summed E-state index contributed by atoms with van der Waals surface area (Å²) in [6.45, 7) is 5.95. The highest BCUT2D eigenvalue weighted by atomic mass is 32.1. The van der Waals surface area contributed by atoms with Crippen LogP contribution >= 0.6 is 11.3 Å². The first-order valence-corrected chi connectivity index (χ1v) is 13.1. The minimum absolute atomic E-state index is 0.182. The maximum atomic E-state index is 13.7. The van der Waals surface area contributed by atoms with E-state index in [4.69, 9.17) is 14.3 Å². The Morgan fingerprint density at radius 2 is 1.77 bits per heavy atom. The smallest absolute Gasteiger partial charge is 0.338 e. The fraction of sp³-hybridized carbons (Fsp3) is 0.200. The van der Waals surface area contributed by atoms with Gasteiger partial charge in [-0.1, -0.05) is 61.6 Å². The Bertz CT molecular complexity index is 1790. The van der Waals surface area contributed by atoms with E-state index in [-0.39, 0.29) is 11.1 Å². The predicted octanol–water partition coefficient (Wildman–Crippen LogP) is 4.49. The van der Waals surface area contributed by atoms with Crippen LogP contribution in [0.1, 0.15) is 60.0 Å². The molecule has 0 saturated heterocycles. The second-order valence-electron chi connectivity index (χ2n) is 9.48. The number of hydrogen-bond acceptors (Lipinski definition) is 7. The molecule has 0 amide bonds. The second kappa shape index (κ2) is 10.3. The van der Waals surface area contributed by atoms with E-state index in [1.54, 1.807) is 37.3 Å². The number of esters is 1. The van der Waals surface area contributed by atoms with Crippen molar-refractivity contribution in [3.8, 4) is 11.3 Å². The first-order chi connectivity index (χ1) is 18.7. The average Bonchev–Trinajstić information content (AvgIpc) is 3.52. The first kappa shape index (κ1) is 26.1. The summed E-state index contributed by atoms with van der Waals surface area (Å²) in [6.07, 6.45) is 1.65. The van der Waals surface area contributed by atoms with Gasteiger partial charge in [-0.05, 0) is 48.2 Å². The zero-order valence-corrected chi connectivity index (χ0v) is 22.6. The molecular formula is C30H26N2O6S. The van der Waals surface area contributed by atoms with Crippen LogP contribution in [0.15, 0.2) is 86.1 Å². The van der Waals surface area contributed by atoms with Gasteiger partial charge >= 0.3 is 11.9 Å². The maximum absolute atomic E-state index is 13.7. The van der Waals surface area contributed by atoms with E-state index in [1.165, 1.54) is 35.1 Å². The van der Waals surface area contributed by atoms with E-state index >= 15 is 0 Å². The van der Waals surface area contributed by atoms with E-state index in [0.717, 1.165) is 11.1 Å². The average molecular weight is 543 g/mol. The molecule has 0 saturated carbocycles. The molecule has 1 aliphatic rings. The van der Waals surface area contributed by atoms with Gasteiger partial charge in [-0.25, -0.2) is 14.6 Å². The molecule has 0 radical (unpaired) electrons. The molecule has 4 aromatic rings. The lowest BCUT2D eigenvalue weighted by Gasteiger charge is -2.24. The second-order valence-corrected chi connectivity index (χ2v) is 10.5. The fourth-order valence-corrected chi connectivity index (χ4v) is 5.59. The van der Waals surface area contributed by atoms with E-state index in [0.29, 0.717) is 43.6 Å². The topological polar surface area (TPSA) is 111 Å². The summed E-state index contributed by atoms with van der Waals surface area (Å²) in [7, 11) is 1.32. The molecule has 3 heterocycles. The van der Waals surface area contributed by atoms with Crippen LogP contribution in [0, 0.1) is 0 Å². The van der Waals surface area contributed by atoms with Crippen LogP contribution in [0.2, 0.25) is 0 Å². The predicted molar refractivity (Wildman–Crippen MR) is 147 cm³/mol. The monoisotopic (exact) mass is 542 g/mol. The highest BCUT2D eigenvalue weighted by Crippen LogP contribution is 2.31.